The van der Waals surface area contributed by atoms with Crippen LogP contribution in [0.3, 0.4) is 0 Å². The molecule has 0 spiro atoms. The molecule has 5 nitrogen and oxygen atoms in total. The molecule has 0 unspecified atom stereocenters. The van der Waals surface area contributed by atoms with Crippen LogP contribution in [-0.4, -0.2) is 17.1 Å². The molecule has 0 heterocycles. The van der Waals surface area contributed by atoms with Crippen LogP contribution in [0, 0.1) is 3.57 Å². The van der Waals surface area contributed by atoms with Crippen LogP contribution in [0.4, 0.5) is 16.2 Å². The summed E-state index contributed by atoms with van der Waals surface area (Å²) in [6.07, 6.45) is 0. The first-order chi connectivity index (χ1) is 9.97. The number of amides is 2. The molecule has 2 aromatic carbocycles. The average molecular weight is 417 g/mol. The zero-order chi connectivity index (χ0) is 15.4. The highest BCUT2D eigenvalue weighted by molar-refractivity contribution is 14.1. The Hall–Kier alpha value is -1.80. The minimum Gasteiger partial charge on any atom is -0.478 e. The van der Waals surface area contributed by atoms with Crippen molar-refractivity contribution in [2.75, 3.05) is 10.6 Å². The van der Waals surface area contributed by atoms with Crippen molar-refractivity contribution in [1.29, 1.82) is 0 Å². The van der Waals surface area contributed by atoms with E-state index in [-0.39, 0.29) is 10.6 Å². The molecule has 0 aromatic heterocycles. The summed E-state index contributed by atoms with van der Waals surface area (Å²) in [4.78, 5) is 22.7. The summed E-state index contributed by atoms with van der Waals surface area (Å²) >= 11 is 7.95. The number of urea groups is 1. The number of hydrogen-bond donors (Lipinski definition) is 3. The summed E-state index contributed by atoms with van der Waals surface area (Å²) in [5, 5.41) is 14.2. The second kappa shape index (κ2) is 6.77. The number of benzene rings is 2. The number of carboxylic acid groups (broad SMARTS) is 1. The van der Waals surface area contributed by atoms with Gasteiger partial charge in [0.05, 0.1) is 16.3 Å². The van der Waals surface area contributed by atoms with Gasteiger partial charge in [0.25, 0.3) is 0 Å². The molecular formula is C14H10ClIN2O3. The van der Waals surface area contributed by atoms with Gasteiger partial charge in [-0.25, -0.2) is 9.59 Å². The number of para-hydroxylation sites is 1. The fourth-order valence-electron chi connectivity index (χ4n) is 1.61. The Bertz CT molecular complexity index is 706. The van der Waals surface area contributed by atoms with Crippen molar-refractivity contribution >= 4 is 57.6 Å². The highest BCUT2D eigenvalue weighted by Gasteiger charge is 2.10. The molecule has 3 N–H and O–H groups in total. The summed E-state index contributed by atoms with van der Waals surface area (Å²) in [6.45, 7) is 0. The molecule has 0 saturated carbocycles. The first kappa shape index (κ1) is 15.6. The van der Waals surface area contributed by atoms with Crippen molar-refractivity contribution in [2.45, 2.75) is 0 Å². The van der Waals surface area contributed by atoms with Gasteiger partial charge in [0.2, 0.25) is 0 Å². The van der Waals surface area contributed by atoms with E-state index in [0.29, 0.717) is 11.4 Å². The Labute approximate surface area is 139 Å². The molecule has 0 atom stereocenters. The number of anilines is 2. The van der Waals surface area contributed by atoms with Gasteiger partial charge in [-0.15, -0.1) is 0 Å². The predicted molar refractivity (Wildman–Crippen MR) is 90.2 cm³/mol. The maximum absolute atomic E-state index is 11.9. The van der Waals surface area contributed by atoms with Crippen LogP contribution in [0.15, 0.2) is 42.5 Å². The third kappa shape index (κ3) is 4.08. The van der Waals surface area contributed by atoms with Gasteiger partial charge in [-0.2, -0.15) is 0 Å². The van der Waals surface area contributed by atoms with Crippen molar-refractivity contribution in [1.82, 2.24) is 0 Å². The normalized spacial score (nSPS) is 10.0. The maximum Gasteiger partial charge on any atom is 0.337 e. The molecule has 0 aliphatic rings. The Morgan fingerprint density at radius 1 is 1.10 bits per heavy atom. The van der Waals surface area contributed by atoms with Gasteiger partial charge in [-0.05, 0) is 52.9 Å². The van der Waals surface area contributed by atoms with E-state index in [0.717, 1.165) is 3.57 Å². The minimum atomic E-state index is -1.12. The summed E-state index contributed by atoms with van der Waals surface area (Å²) in [5.74, 6) is -1.12. The van der Waals surface area contributed by atoms with Crippen LogP contribution in [-0.2, 0) is 0 Å². The van der Waals surface area contributed by atoms with Crippen molar-refractivity contribution in [3.05, 3.63) is 56.6 Å². The average Bonchev–Trinajstić information content (AvgIpc) is 2.41. The van der Waals surface area contributed by atoms with Crippen molar-refractivity contribution in [3.63, 3.8) is 0 Å². The molecule has 7 heteroatoms. The number of carboxylic acids is 1. The van der Waals surface area contributed by atoms with Crippen LogP contribution < -0.4 is 10.6 Å². The lowest BCUT2D eigenvalue weighted by molar-refractivity contribution is 0.0697. The summed E-state index contributed by atoms with van der Waals surface area (Å²) < 4.78 is 0.907. The minimum absolute atomic E-state index is 0.0137. The zero-order valence-corrected chi connectivity index (χ0v) is 13.5. The van der Waals surface area contributed by atoms with Gasteiger partial charge in [-0.1, -0.05) is 23.7 Å². The summed E-state index contributed by atoms with van der Waals surface area (Å²) in [6, 6.07) is 11.1. The number of hydrogen-bond acceptors (Lipinski definition) is 2. The smallest absolute Gasteiger partial charge is 0.337 e. The Morgan fingerprint density at radius 2 is 1.81 bits per heavy atom. The second-order valence-electron chi connectivity index (χ2n) is 4.06. The quantitative estimate of drug-likeness (QED) is 0.653. The summed E-state index contributed by atoms with van der Waals surface area (Å²) in [5.41, 5.74) is 1.08. The van der Waals surface area contributed by atoms with E-state index in [9.17, 15) is 9.59 Å². The maximum atomic E-state index is 11.9. The first-order valence-electron chi connectivity index (χ1n) is 5.83. The van der Waals surface area contributed by atoms with Crippen LogP contribution in [0.25, 0.3) is 0 Å². The molecule has 108 valence electrons. The van der Waals surface area contributed by atoms with Crippen LogP contribution >= 0.6 is 34.2 Å². The molecule has 2 amide bonds. The first-order valence-corrected chi connectivity index (χ1v) is 7.28. The molecular weight excluding hydrogens is 407 g/mol. The molecule has 0 saturated heterocycles. The number of nitrogens with one attached hydrogen (secondary N) is 2. The van der Waals surface area contributed by atoms with Crippen molar-refractivity contribution in [3.8, 4) is 0 Å². The van der Waals surface area contributed by atoms with E-state index < -0.39 is 12.0 Å². The Morgan fingerprint density at radius 3 is 2.43 bits per heavy atom. The monoisotopic (exact) mass is 416 g/mol. The van der Waals surface area contributed by atoms with Crippen LogP contribution in [0.1, 0.15) is 10.4 Å². The van der Waals surface area contributed by atoms with Gasteiger partial charge in [-0.3, -0.25) is 0 Å². The van der Waals surface area contributed by atoms with Gasteiger partial charge in [0, 0.05) is 9.26 Å². The van der Waals surface area contributed by atoms with Crippen LogP contribution in [0.5, 0.6) is 0 Å². The Balaban J connectivity index is 2.08. The number of rotatable bonds is 3. The fraction of sp³-hybridized carbons (Fsp3) is 0. The molecule has 21 heavy (non-hydrogen) atoms. The lowest BCUT2D eigenvalue weighted by Gasteiger charge is -2.10. The number of carbonyl (C=O) groups excluding carboxylic acids is 1. The van der Waals surface area contributed by atoms with Crippen LogP contribution in [0.2, 0.25) is 5.02 Å². The molecule has 2 rings (SSSR count). The second-order valence-corrected chi connectivity index (χ2v) is 5.63. The largest absolute Gasteiger partial charge is 0.478 e. The van der Waals surface area contributed by atoms with Crippen molar-refractivity contribution in [2.24, 2.45) is 0 Å². The van der Waals surface area contributed by atoms with E-state index in [1.807, 2.05) is 18.2 Å². The predicted octanol–water partition coefficient (Wildman–Crippen LogP) is 4.29. The van der Waals surface area contributed by atoms with E-state index >= 15 is 0 Å². The standard InChI is InChI=1S/C14H10ClIN2O3/c15-10-7-8(5-6-9(10)13(19)20)17-14(21)18-12-4-2-1-3-11(12)16/h1-7H,(H,19,20)(H2,17,18,21). The topological polar surface area (TPSA) is 78.4 Å². The van der Waals surface area contributed by atoms with Gasteiger partial charge in [0.1, 0.15) is 0 Å². The van der Waals surface area contributed by atoms with Gasteiger partial charge >= 0.3 is 12.0 Å². The molecule has 0 radical (unpaired) electrons. The molecule has 0 fully saturated rings. The van der Waals surface area contributed by atoms with E-state index in [4.69, 9.17) is 16.7 Å². The number of halogens is 2. The van der Waals surface area contributed by atoms with E-state index in [2.05, 4.69) is 33.2 Å². The van der Waals surface area contributed by atoms with E-state index in [1.54, 1.807) is 6.07 Å². The van der Waals surface area contributed by atoms with E-state index in [1.165, 1.54) is 18.2 Å². The number of carbonyl (C=O) groups is 2. The number of aromatic carboxylic acids is 1. The molecule has 0 aliphatic carbocycles. The highest BCUT2D eigenvalue weighted by Crippen LogP contribution is 2.22. The fourth-order valence-corrected chi connectivity index (χ4v) is 2.40. The lowest BCUT2D eigenvalue weighted by atomic mass is 10.2. The summed E-state index contributed by atoms with van der Waals surface area (Å²) in [7, 11) is 0. The third-order valence-electron chi connectivity index (χ3n) is 2.58. The highest BCUT2D eigenvalue weighted by atomic mass is 127. The molecule has 2 aromatic rings. The third-order valence-corrected chi connectivity index (χ3v) is 3.83. The molecule has 0 aliphatic heterocycles. The van der Waals surface area contributed by atoms with Crippen molar-refractivity contribution < 1.29 is 14.7 Å². The SMILES string of the molecule is O=C(Nc1ccc(C(=O)O)c(Cl)c1)Nc1ccccc1I. The molecule has 0 bridgehead atoms. The van der Waals surface area contributed by atoms with Gasteiger partial charge in [0.15, 0.2) is 0 Å². The zero-order valence-electron chi connectivity index (χ0n) is 10.6. The Kier molecular flexibility index (Phi) is 5.03. The van der Waals surface area contributed by atoms with Gasteiger partial charge < -0.3 is 15.7 Å². The lowest BCUT2D eigenvalue weighted by Crippen LogP contribution is -2.20.